The van der Waals surface area contributed by atoms with E-state index in [-0.39, 0.29) is 18.8 Å². The number of aliphatic hydroxyl groups is 2. The first-order valence-electron chi connectivity index (χ1n) is 5.46. The molecule has 0 fully saturated rings. The number of nitro groups is 1. The van der Waals surface area contributed by atoms with Gasteiger partial charge in [0.05, 0.1) is 17.6 Å². The summed E-state index contributed by atoms with van der Waals surface area (Å²) in [6.45, 7) is -0.793. The van der Waals surface area contributed by atoms with Gasteiger partial charge in [-0.05, 0) is 12.1 Å². The van der Waals surface area contributed by atoms with Crippen LogP contribution in [-0.4, -0.2) is 46.9 Å². The molecule has 8 nitrogen and oxygen atoms in total. The van der Waals surface area contributed by atoms with Gasteiger partial charge in [-0.15, -0.1) is 0 Å². The quantitative estimate of drug-likeness (QED) is 0.451. The number of hydrogen-bond donors (Lipinski definition) is 3. The fraction of sp³-hybridized carbons (Fsp3) is 0.364. The minimum atomic E-state index is -1.01. The van der Waals surface area contributed by atoms with Crippen LogP contribution in [0.3, 0.4) is 0 Å². The summed E-state index contributed by atoms with van der Waals surface area (Å²) in [5.74, 6) is -0.144. The van der Waals surface area contributed by atoms with Crippen molar-refractivity contribution in [3.63, 3.8) is 0 Å². The van der Waals surface area contributed by atoms with E-state index >= 15 is 0 Å². The Bertz CT molecular complexity index is 433. The molecular formula is C11H14N2O6. The molecule has 19 heavy (non-hydrogen) atoms. The first-order valence-corrected chi connectivity index (χ1v) is 5.46. The van der Waals surface area contributed by atoms with Gasteiger partial charge in [0.1, 0.15) is 5.75 Å². The molecule has 3 N–H and O–H groups in total. The van der Waals surface area contributed by atoms with Crippen molar-refractivity contribution in [1.82, 2.24) is 5.32 Å². The fourth-order valence-electron chi connectivity index (χ4n) is 1.16. The third-order valence-electron chi connectivity index (χ3n) is 2.16. The monoisotopic (exact) mass is 270 g/mol. The number of carbonyl (C=O) groups excluding carboxylic acids is 1. The Labute approximate surface area is 108 Å². The Balaban J connectivity index is 2.35. The van der Waals surface area contributed by atoms with Gasteiger partial charge in [-0.25, -0.2) is 0 Å². The van der Waals surface area contributed by atoms with E-state index < -0.39 is 23.5 Å². The number of rotatable bonds is 7. The molecule has 0 aliphatic heterocycles. The average Bonchev–Trinajstić information content (AvgIpc) is 2.42. The van der Waals surface area contributed by atoms with Crippen molar-refractivity contribution in [2.75, 3.05) is 19.8 Å². The van der Waals surface area contributed by atoms with Gasteiger partial charge in [0.2, 0.25) is 0 Å². The summed E-state index contributed by atoms with van der Waals surface area (Å²) in [6.07, 6.45) is -1.01. The van der Waals surface area contributed by atoms with E-state index in [1.54, 1.807) is 0 Å². The number of nitrogens with zero attached hydrogens (tertiary/aromatic N) is 1. The number of hydrogen-bond acceptors (Lipinski definition) is 6. The number of benzene rings is 1. The third-order valence-corrected chi connectivity index (χ3v) is 2.16. The van der Waals surface area contributed by atoms with Gasteiger partial charge in [0.15, 0.2) is 6.61 Å². The number of nitro benzene ring substituents is 1. The molecule has 1 unspecified atom stereocenters. The SMILES string of the molecule is O=C(COc1ccc([N+](=O)[O-])cc1)NCC(O)CO. The highest BCUT2D eigenvalue weighted by Crippen LogP contribution is 2.16. The molecule has 104 valence electrons. The molecule has 8 heteroatoms. The van der Waals surface area contributed by atoms with E-state index in [4.69, 9.17) is 14.9 Å². The van der Waals surface area contributed by atoms with E-state index in [9.17, 15) is 14.9 Å². The standard InChI is InChI=1S/C11H14N2O6/c14-6-9(15)5-12-11(16)7-19-10-3-1-8(2-4-10)13(17)18/h1-4,9,14-15H,5-7H2,(H,12,16). The summed E-state index contributed by atoms with van der Waals surface area (Å²) in [5.41, 5.74) is -0.0668. The second-order valence-electron chi connectivity index (χ2n) is 3.68. The molecule has 0 bridgehead atoms. The van der Waals surface area contributed by atoms with Crippen LogP contribution in [0, 0.1) is 10.1 Å². The summed E-state index contributed by atoms with van der Waals surface area (Å²) >= 11 is 0. The Morgan fingerprint density at radius 2 is 2.05 bits per heavy atom. The molecular weight excluding hydrogens is 256 g/mol. The van der Waals surface area contributed by atoms with Crippen LogP contribution in [0.4, 0.5) is 5.69 Å². The number of aliphatic hydroxyl groups excluding tert-OH is 2. The second kappa shape index (κ2) is 7.29. The highest BCUT2D eigenvalue weighted by Gasteiger charge is 2.08. The minimum Gasteiger partial charge on any atom is -0.484 e. The maximum atomic E-state index is 11.3. The molecule has 1 atom stereocenters. The summed E-state index contributed by atoms with van der Waals surface area (Å²) in [4.78, 5) is 21.2. The van der Waals surface area contributed by atoms with E-state index in [2.05, 4.69) is 5.32 Å². The topological polar surface area (TPSA) is 122 Å². The number of nitrogens with one attached hydrogen (secondary N) is 1. The van der Waals surface area contributed by atoms with Crippen LogP contribution in [0.5, 0.6) is 5.75 Å². The molecule has 0 aromatic heterocycles. The Morgan fingerprint density at radius 3 is 2.58 bits per heavy atom. The lowest BCUT2D eigenvalue weighted by Crippen LogP contribution is -2.36. The predicted octanol–water partition coefficient (Wildman–Crippen LogP) is -0.557. The zero-order valence-corrected chi connectivity index (χ0v) is 9.98. The highest BCUT2D eigenvalue weighted by molar-refractivity contribution is 5.77. The number of ether oxygens (including phenoxy) is 1. The highest BCUT2D eigenvalue weighted by atomic mass is 16.6. The maximum absolute atomic E-state index is 11.3. The van der Waals surface area contributed by atoms with Gasteiger partial charge in [0.25, 0.3) is 11.6 Å². The largest absolute Gasteiger partial charge is 0.484 e. The lowest BCUT2D eigenvalue weighted by Gasteiger charge is -2.09. The summed E-state index contributed by atoms with van der Waals surface area (Å²) in [5, 5.41) is 30.3. The van der Waals surface area contributed by atoms with Crippen LogP contribution < -0.4 is 10.1 Å². The van der Waals surface area contributed by atoms with Crippen molar-refractivity contribution in [3.8, 4) is 5.75 Å². The summed E-state index contributed by atoms with van der Waals surface area (Å²) in [6, 6.07) is 5.30. The van der Waals surface area contributed by atoms with Crippen molar-refractivity contribution in [1.29, 1.82) is 0 Å². The molecule has 0 heterocycles. The first-order chi connectivity index (χ1) is 9.02. The van der Waals surface area contributed by atoms with Gasteiger partial charge in [-0.3, -0.25) is 14.9 Å². The second-order valence-corrected chi connectivity index (χ2v) is 3.68. The molecule has 1 aromatic carbocycles. The van der Waals surface area contributed by atoms with Crippen molar-refractivity contribution in [2.24, 2.45) is 0 Å². The van der Waals surface area contributed by atoms with Crippen LogP contribution in [-0.2, 0) is 4.79 Å². The molecule has 1 amide bonds. The van der Waals surface area contributed by atoms with Crippen molar-refractivity contribution in [3.05, 3.63) is 34.4 Å². The van der Waals surface area contributed by atoms with Gasteiger partial charge in [0, 0.05) is 18.7 Å². The van der Waals surface area contributed by atoms with Crippen molar-refractivity contribution in [2.45, 2.75) is 6.10 Å². The molecule has 0 aliphatic rings. The fourth-order valence-corrected chi connectivity index (χ4v) is 1.16. The molecule has 0 spiro atoms. The molecule has 0 radical (unpaired) electrons. The molecule has 0 saturated carbocycles. The van der Waals surface area contributed by atoms with E-state index in [1.807, 2.05) is 0 Å². The zero-order chi connectivity index (χ0) is 14.3. The summed E-state index contributed by atoms with van der Waals surface area (Å²) < 4.78 is 5.09. The maximum Gasteiger partial charge on any atom is 0.269 e. The number of amides is 1. The van der Waals surface area contributed by atoms with Crippen LogP contribution in [0.25, 0.3) is 0 Å². The van der Waals surface area contributed by atoms with Crippen LogP contribution in [0.2, 0.25) is 0 Å². The Kier molecular flexibility index (Phi) is 5.71. The zero-order valence-electron chi connectivity index (χ0n) is 9.98. The van der Waals surface area contributed by atoms with Gasteiger partial charge in [-0.1, -0.05) is 0 Å². The molecule has 0 aliphatic carbocycles. The number of non-ortho nitro benzene ring substituents is 1. The third kappa shape index (κ3) is 5.32. The average molecular weight is 270 g/mol. The Hall–Kier alpha value is -2.19. The van der Waals surface area contributed by atoms with E-state index in [0.29, 0.717) is 5.75 Å². The summed E-state index contributed by atoms with van der Waals surface area (Å²) in [7, 11) is 0. The van der Waals surface area contributed by atoms with E-state index in [1.165, 1.54) is 24.3 Å². The van der Waals surface area contributed by atoms with E-state index in [0.717, 1.165) is 0 Å². The molecule has 1 aromatic rings. The smallest absolute Gasteiger partial charge is 0.269 e. The van der Waals surface area contributed by atoms with Crippen LogP contribution >= 0.6 is 0 Å². The minimum absolute atomic E-state index is 0.0668. The van der Waals surface area contributed by atoms with Gasteiger partial charge in [-0.2, -0.15) is 0 Å². The normalized spacial score (nSPS) is 11.7. The molecule has 0 saturated heterocycles. The van der Waals surface area contributed by atoms with Gasteiger partial charge >= 0.3 is 0 Å². The van der Waals surface area contributed by atoms with Crippen molar-refractivity contribution >= 4 is 11.6 Å². The lowest BCUT2D eigenvalue weighted by atomic mass is 10.3. The lowest BCUT2D eigenvalue weighted by molar-refractivity contribution is -0.384. The van der Waals surface area contributed by atoms with Gasteiger partial charge < -0.3 is 20.3 Å². The van der Waals surface area contributed by atoms with Crippen LogP contribution in [0.1, 0.15) is 0 Å². The predicted molar refractivity (Wildman–Crippen MR) is 64.7 cm³/mol. The molecule has 1 rings (SSSR count). The van der Waals surface area contributed by atoms with Crippen molar-refractivity contribution < 1.29 is 24.7 Å². The first kappa shape index (κ1) is 14.9. The van der Waals surface area contributed by atoms with Crippen LogP contribution in [0.15, 0.2) is 24.3 Å². The number of carbonyl (C=O) groups is 1. The Morgan fingerprint density at radius 1 is 1.42 bits per heavy atom.